The van der Waals surface area contributed by atoms with Gasteiger partial charge in [0.25, 0.3) is 0 Å². The molecule has 0 saturated carbocycles. The van der Waals surface area contributed by atoms with Gasteiger partial charge in [-0.1, -0.05) is 12.1 Å². The molecule has 0 aliphatic heterocycles. The number of benzene rings is 2. The lowest BCUT2D eigenvalue weighted by Gasteiger charge is -2.17. The van der Waals surface area contributed by atoms with Gasteiger partial charge in [0, 0.05) is 9.61 Å². The Kier molecular flexibility index (Phi) is 4.66. The number of ether oxygens (including phenoxy) is 2. The van der Waals surface area contributed by atoms with Crippen LogP contribution in [0.5, 0.6) is 17.2 Å². The number of rotatable bonds is 4. The van der Waals surface area contributed by atoms with Crippen LogP contribution in [0, 0.1) is 3.57 Å². The average Bonchev–Trinajstić information content (AvgIpc) is 2.38. The summed E-state index contributed by atoms with van der Waals surface area (Å²) in [7, 11) is 1.64. The van der Waals surface area contributed by atoms with Crippen molar-refractivity contribution in [2.24, 2.45) is 5.73 Å². The van der Waals surface area contributed by atoms with Crippen molar-refractivity contribution in [3.63, 3.8) is 0 Å². The summed E-state index contributed by atoms with van der Waals surface area (Å²) in [5.74, 6) is 2.27. The highest BCUT2D eigenvalue weighted by atomic mass is 127. The fraction of sp³-hybridized carbons (Fsp3) is 0.200. The van der Waals surface area contributed by atoms with E-state index in [0.29, 0.717) is 0 Å². The van der Waals surface area contributed by atoms with Crippen molar-refractivity contribution in [3.8, 4) is 17.2 Å². The zero-order chi connectivity index (χ0) is 13.8. The van der Waals surface area contributed by atoms with Gasteiger partial charge in [-0.15, -0.1) is 0 Å². The highest BCUT2D eigenvalue weighted by molar-refractivity contribution is 14.1. The molecule has 0 amide bonds. The summed E-state index contributed by atoms with van der Waals surface area (Å²) in [5.41, 5.74) is 6.89. The minimum atomic E-state index is -0.158. The molecule has 4 heteroatoms. The first-order valence-electron chi connectivity index (χ1n) is 5.97. The van der Waals surface area contributed by atoms with E-state index in [2.05, 4.69) is 22.6 Å². The van der Waals surface area contributed by atoms with Crippen LogP contribution in [-0.4, -0.2) is 7.11 Å². The molecule has 0 fully saturated rings. The van der Waals surface area contributed by atoms with Gasteiger partial charge in [-0.25, -0.2) is 0 Å². The maximum Gasteiger partial charge on any atom is 0.135 e. The molecule has 0 heterocycles. The SMILES string of the molecule is COc1cccc(Oc2cccc(I)c2)c1C(C)N. The van der Waals surface area contributed by atoms with Gasteiger partial charge in [0.2, 0.25) is 0 Å². The second-order valence-corrected chi connectivity index (χ2v) is 5.47. The molecule has 3 nitrogen and oxygen atoms in total. The normalized spacial score (nSPS) is 12.0. The highest BCUT2D eigenvalue weighted by Crippen LogP contribution is 2.35. The number of methoxy groups -OCH3 is 1. The van der Waals surface area contributed by atoms with Gasteiger partial charge in [-0.3, -0.25) is 0 Å². The Bertz CT molecular complexity index is 570. The van der Waals surface area contributed by atoms with Crippen LogP contribution in [0.3, 0.4) is 0 Å². The molecule has 0 radical (unpaired) electrons. The van der Waals surface area contributed by atoms with Gasteiger partial charge in [0.15, 0.2) is 0 Å². The predicted octanol–water partition coefficient (Wildman–Crippen LogP) is 4.11. The summed E-state index contributed by atoms with van der Waals surface area (Å²) in [6.45, 7) is 1.92. The van der Waals surface area contributed by atoms with E-state index < -0.39 is 0 Å². The predicted molar refractivity (Wildman–Crippen MR) is 84.8 cm³/mol. The fourth-order valence-electron chi connectivity index (χ4n) is 1.90. The summed E-state index contributed by atoms with van der Waals surface area (Å²) in [6, 6.07) is 13.4. The molecule has 0 aliphatic carbocycles. The maximum atomic E-state index is 6.01. The van der Waals surface area contributed by atoms with Crippen LogP contribution in [0.2, 0.25) is 0 Å². The Morgan fingerprint density at radius 3 is 2.42 bits per heavy atom. The number of hydrogen-bond acceptors (Lipinski definition) is 3. The number of nitrogens with two attached hydrogens (primary N) is 1. The zero-order valence-corrected chi connectivity index (χ0v) is 13.0. The Hall–Kier alpha value is -1.27. The fourth-order valence-corrected chi connectivity index (χ4v) is 2.41. The summed E-state index contributed by atoms with van der Waals surface area (Å²) in [6.07, 6.45) is 0. The molecule has 1 atom stereocenters. The molecule has 0 aromatic heterocycles. The van der Waals surface area contributed by atoms with Crippen LogP contribution < -0.4 is 15.2 Å². The van der Waals surface area contributed by atoms with Crippen molar-refractivity contribution in [1.29, 1.82) is 0 Å². The van der Waals surface area contributed by atoms with Crippen molar-refractivity contribution < 1.29 is 9.47 Å². The highest BCUT2D eigenvalue weighted by Gasteiger charge is 2.14. The lowest BCUT2D eigenvalue weighted by Crippen LogP contribution is -2.08. The van der Waals surface area contributed by atoms with Gasteiger partial charge in [-0.2, -0.15) is 0 Å². The Balaban J connectivity index is 2.39. The molecule has 2 rings (SSSR count). The standard InChI is InChI=1S/C15H16INO2/c1-10(17)15-13(18-2)7-4-8-14(15)19-12-6-3-5-11(16)9-12/h3-10H,17H2,1-2H3. The lowest BCUT2D eigenvalue weighted by molar-refractivity contribution is 0.397. The number of halogens is 1. The first-order chi connectivity index (χ1) is 9.11. The summed E-state index contributed by atoms with van der Waals surface area (Å²) in [5, 5.41) is 0. The third-order valence-corrected chi connectivity index (χ3v) is 3.40. The topological polar surface area (TPSA) is 44.5 Å². The second-order valence-electron chi connectivity index (χ2n) is 4.22. The molecular weight excluding hydrogens is 353 g/mol. The maximum absolute atomic E-state index is 6.01. The van der Waals surface area contributed by atoms with E-state index in [9.17, 15) is 0 Å². The molecule has 2 aromatic rings. The average molecular weight is 369 g/mol. The molecule has 100 valence electrons. The van der Waals surface area contributed by atoms with Gasteiger partial charge in [-0.05, 0) is 59.8 Å². The van der Waals surface area contributed by atoms with Gasteiger partial charge in [0.1, 0.15) is 17.2 Å². The molecule has 0 bridgehead atoms. The second kappa shape index (κ2) is 6.25. The smallest absolute Gasteiger partial charge is 0.135 e. The quantitative estimate of drug-likeness (QED) is 0.825. The van der Waals surface area contributed by atoms with E-state index in [1.807, 2.05) is 49.4 Å². The van der Waals surface area contributed by atoms with Crippen LogP contribution in [0.15, 0.2) is 42.5 Å². The molecule has 1 unspecified atom stereocenters. The van der Waals surface area contributed by atoms with Gasteiger partial charge >= 0.3 is 0 Å². The van der Waals surface area contributed by atoms with Gasteiger partial charge < -0.3 is 15.2 Å². The third-order valence-electron chi connectivity index (χ3n) is 2.73. The summed E-state index contributed by atoms with van der Waals surface area (Å²) >= 11 is 2.25. The van der Waals surface area contributed by atoms with Crippen LogP contribution in [0.1, 0.15) is 18.5 Å². The van der Waals surface area contributed by atoms with E-state index >= 15 is 0 Å². The molecule has 0 aliphatic rings. The number of hydrogen-bond donors (Lipinski definition) is 1. The first-order valence-corrected chi connectivity index (χ1v) is 7.05. The monoisotopic (exact) mass is 369 g/mol. The summed E-state index contributed by atoms with van der Waals surface area (Å²) < 4.78 is 12.4. The third kappa shape index (κ3) is 3.39. The van der Waals surface area contributed by atoms with E-state index in [-0.39, 0.29) is 6.04 Å². The Morgan fingerprint density at radius 1 is 1.11 bits per heavy atom. The first kappa shape index (κ1) is 14.1. The van der Waals surface area contributed by atoms with Crippen LogP contribution >= 0.6 is 22.6 Å². The molecule has 2 N–H and O–H groups in total. The zero-order valence-electron chi connectivity index (χ0n) is 10.9. The van der Waals surface area contributed by atoms with E-state index in [0.717, 1.165) is 26.4 Å². The molecule has 19 heavy (non-hydrogen) atoms. The van der Waals surface area contributed by atoms with Gasteiger partial charge in [0.05, 0.1) is 12.7 Å². The molecule has 2 aromatic carbocycles. The van der Waals surface area contributed by atoms with Crippen molar-refractivity contribution in [1.82, 2.24) is 0 Å². The van der Waals surface area contributed by atoms with Crippen LogP contribution in [0.25, 0.3) is 0 Å². The van der Waals surface area contributed by atoms with E-state index in [1.165, 1.54) is 0 Å². The van der Waals surface area contributed by atoms with Crippen LogP contribution in [0.4, 0.5) is 0 Å². The summed E-state index contributed by atoms with van der Waals surface area (Å²) in [4.78, 5) is 0. The van der Waals surface area contributed by atoms with Crippen LogP contribution in [-0.2, 0) is 0 Å². The van der Waals surface area contributed by atoms with Crippen molar-refractivity contribution in [2.75, 3.05) is 7.11 Å². The Morgan fingerprint density at radius 2 is 1.79 bits per heavy atom. The molecule has 0 saturated heterocycles. The molecule has 0 spiro atoms. The van der Waals surface area contributed by atoms with E-state index in [1.54, 1.807) is 7.11 Å². The largest absolute Gasteiger partial charge is 0.496 e. The van der Waals surface area contributed by atoms with E-state index in [4.69, 9.17) is 15.2 Å². The van der Waals surface area contributed by atoms with Crippen molar-refractivity contribution in [3.05, 3.63) is 51.6 Å². The minimum absolute atomic E-state index is 0.158. The Labute approximate surface area is 126 Å². The minimum Gasteiger partial charge on any atom is -0.496 e. The van der Waals surface area contributed by atoms with Crippen molar-refractivity contribution in [2.45, 2.75) is 13.0 Å². The van der Waals surface area contributed by atoms with Crippen molar-refractivity contribution >= 4 is 22.6 Å². The lowest BCUT2D eigenvalue weighted by atomic mass is 10.1. The molecular formula is C15H16INO2.